The van der Waals surface area contributed by atoms with Crippen LogP contribution in [0.5, 0.6) is 0 Å². The van der Waals surface area contributed by atoms with Crippen LogP contribution in [-0.2, 0) is 6.54 Å². The van der Waals surface area contributed by atoms with Gasteiger partial charge in [0.1, 0.15) is 0 Å². The van der Waals surface area contributed by atoms with Crippen LogP contribution in [0.4, 0.5) is 5.69 Å². The lowest BCUT2D eigenvalue weighted by molar-refractivity contribution is 0.0732. The Bertz CT molecular complexity index is 896. The number of rotatable bonds is 6. The second-order valence-electron chi connectivity index (χ2n) is 8.00. The average molecular weight is 391 g/mol. The summed E-state index contributed by atoms with van der Waals surface area (Å²) in [4.78, 5) is 12.2. The van der Waals surface area contributed by atoms with E-state index < -0.39 is 0 Å². The Morgan fingerprint density at radius 3 is 2.10 bits per heavy atom. The van der Waals surface area contributed by atoms with Crippen molar-refractivity contribution in [3.05, 3.63) is 71.6 Å². The lowest BCUT2D eigenvalue weighted by Gasteiger charge is -2.42. The Morgan fingerprint density at radius 2 is 1.59 bits per heavy atom. The van der Waals surface area contributed by atoms with Gasteiger partial charge in [-0.15, -0.1) is 0 Å². The number of aromatic nitrogens is 4. The number of nitrogen functional groups attached to an aromatic ring is 1. The minimum absolute atomic E-state index is 0.319. The molecular weight excluding hydrogens is 360 g/mol. The SMILES string of the molecule is Cc1cccnc1[C@H]1CCC[C@@H](c2ncccc2C)N1CCCn1cc(N)cn1. The highest BCUT2D eigenvalue weighted by molar-refractivity contribution is 5.30. The second kappa shape index (κ2) is 8.74. The van der Waals surface area contributed by atoms with Crippen molar-refractivity contribution in [3.8, 4) is 0 Å². The summed E-state index contributed by atoms with van der Waals surface area (Å²) < 4.78 is 1.93. The fourth-order valence-electron chi connectivity index (χ4n) is 4.56. The first-order valence-corrected chi connectivity index (χ1v) is 10.5. The van der Waals surface area contributed by atoms with Gasteiger partial charge in [-0.3, -0.25) is 19.5 Å². The zero-order valence-electron chi connectivity index (χ0n) is 17.3. The maximum Gasteiger partial charge on any atom is 0.0719 e. The molecule has 3 aromatic rings. The van der Waals surface area contributed by atoms with Gasteiger partial charge in [-0.2, -0.15) is 5.10 Å². The van der Waals surface area contributed by atoms with Crippen molar-refractivity contribution in [1.82, 2.24) is 24.6 Å². The third kappa shape index (κ3) is 4.32. The van der Waals surface area contributed by atoms with E-state index in [1.807, 2.05) is 35.4 Å². The number of aryl methyl sites for hydroxylation is 3. The molecule has 0 saturated carbocycles. The fraction of sp³-hybridized carbons (Fsp3) is 0.435. The summed E-state index contributed by atoms with van der Waals surface area (Å²) in [5, 5.41) is 4.33. The molecule has 2 N–H and O–H groups in total. The largest absolute Gasteiger partial charge is 0.396 e. The van der Waals surface area contributed by atoms with Crippen LogP contribution in [-0.4, -0.2) is 31.2 Å². The molecule has 0 radical (unpaired) electrons. The van der Waals surface area contributed by atoms with Crippen molar-refractivity contribution in [2.45, 2.75) is 58.2 Å². The number of hydrogen-bond acceptors (Lipinski definition) is 5. The summed E-state index contributed by atoms with van der Waals surface area (Å²) in [5.74, 6) is 0. The van der Waals surface area contributed by atoms with Crippen molar-refractivity contribution in [2.75, 3.05) is 12.3 Å². The number of pyridine rings is 2. The van der Waals surface area contributed by atoms with Crippen molar-refractivity contribution in [3.63, 3.8) is 0 Å². The highest BCUT2D eigenvalue weighted by Crippen LogP contribution is 2.42. The summed E-state index contributed by atoms with van der Waals surface area (Å²) in [7, 11) is 0. The van der Waals surface area contributed by atoms with Crippen LogP contribution in [0.3, 0.4) is 0 Å². The number of nitrogens with zero attached hydrogens (tertiary/aromatic N) is 5. The van der Waals surface area contributed by atoms with Gasteiger partial charge in [-0.05, 0) is 62.8 Å². The van der Waals surface area contributed by atoms with Gasteiger partial charge in [0.05, 0.1) is 35.4 Å². The van der Waals surface area contributed by atoms with E-state index in [0.717, 1.165) is 32.4 Å². The van der Waals surface area contributed by atoms with Crippen LogP contribution in [0.2, 0.25) is 0 Å². The quantitative estimate of drug-likeness (QED) is 0.682. The molecule has 0 amide bonds. The molecule has 0 aromatic carbocycles. The zero-order valence-corrected chi connectivity index (χ0v) is 17.3. The number of piperidine rings is 1. The maximum atomic E-state index is 5.81. The zero-order chi connectivity index (χ0) is 20.2. The van der Waals surface area contributed by atoms with E-state index in [9.17, 15) is 0 Å². The molecule has 3 aromatic heterocycles. The van der Waals surface area contributed by atoms with Gasteiger partial charge >= 0.3 is 0 Å². The van der Waals surface area contributed by atoms with Crippen molar-refractivity contribution >= 4 is 5.69 Å². The van der Waals surface area contributed by atoms with Crippen LogP contribution >= 0.6 is 0 Å². The van der Waals surface area contributed by atoms with Gasteiger partial charge < -0.3 is 5.73 Å². The summed E-state index contributed by atoms with van der Waals surface area (Å²) in [6.07, 6.45) is 11.9. The third-order valence-corrected chi connectivity index (χ3v) is 5.94. The Balaban J connectivity index is 1.61. The van der Waals surface area contributed by atoms with E-state index >= 15 is 0 Å². The van der Waals surface area contributed by atoms with Crippen LogP contribution in [0.15, 0.2) is 49.1 Å². The topological polar surface area (TPSA) is 72.9 Å². The molecule has 1 fully saturated rings. The summed E-state index contributed by atoms with van der Waals surface area (Å²) in [5.41, 5.74) is 11.5. The smallest absolute Gasteiger partial charge is 0.0719 e. The van der Waals surface area contributed by atoms with E-state index in [-0.39, 0.29) is 0 Å². The number of nitrogens with two attached hydrogens (primary N) is 1. The molecule has 1 aliphatic rings. The van der Waals surface area contributed by atoms with Gasteiger partial charge in [0.2, 0.25) is 0 Å². The van der Waals surface area contributed by atoms with E-state index in [0.29, 0.717) is 17.8 Å². The number of anilines is 1. The number of likely N-dealkylation sites (tertiary alicyclic amines) is 1. The van der Waals surface area contributed by atoms with E-state index in [1.54, 1.807) is 6.20 Å². The molecule has 6 nitrogen and oxygen atoms in total. The van der Waals surface area contributed by atoms with Crippen molar-refractivity contribution in [2.24, 2.45) is 0 Å². The first-order chi connectivity index (χ1) is 14.1. The Kier molecular flexibility index (Phi) is 5.90. The molecule has 0 spiro atoms. The molecule has 0 unspecified atom stereocenters. The molecule has 152 valence electrons. The van der Waals surface area contributed by atoms with Crippen LogP contribution in [0.25, 0.3) is 0 Å². The molecular formula is C23H30N6. The van der Waals surface area contributed by atoms with Crippen LogP contribution in [0, 0.1) is 13.8 Å². The molecule has 0 aliphatic carbocycles. The summed E-state index contributed by atoms with van der Waals surface area (Å²) in [6.45, 7) is 6.17. The van der Waals surface area contributed by atoms with Gasteiger partial charge in [0.25, 0.3) is 0 Å². The Labute approximate surface area is 172 Å². The Hall–Kier alpha value is -2.73. The van der Waals surface area contributed by atoms with Crippen LogP contribution < -0.4 is 5.73 Å². The van der Waals surface area contributed by atoms with Crippen LogP contribution in [0.1, 0.15) is 60.3 Å². The maximum absolute atomic E-state index is 5.81. The van der Waals surface area contributed by atoms with Gasteiger partial charge in [0, 0.05) is 31.7 Å². The lowest BCUT2D eigenvalue weighted by Crippen LogP contribution is -2.39. The normalized spacial score (nSPS) is 20.1. The summed E-state index contributed by atoms with van der Waals surface area (Å²) in [6, 6.07) is 9.02. The third-order valence-electron chi connectivity index (χ3n) is 5.94. The minimum Gasteiger partial charge on any atom is -0.396 e. The highest BCUT2D eigenvalue weighted by Gasteiger charge is 2.34. The molecule has 4 rings (SSSR count). The van der Waals surface area contributed by atoms with Gasteiger partial charge in [0.15, 0.2) is 0 Å². The predicted octanol–water partition coefficient (Wildman–Crippen LogP) is 4.23. The highest BCUT2D eigenvalue weighted by atomic mass is 15.3. The average Bonchev–Trinajstić information content (AvgIpc) is 3.14. The number of hydrogen-bond donors (Lipinski definition) is 1. The molecule has 6 heteroatoms. The molecule has 29 heavy (non-hydrogen) atoms. The first kappa shape index (κ1) is 19.6. The molecule has 0 bridgehead atoms. The Morgan fingerprint density at radius 1 is 0.966 bits per heavy atom. The van der Waals surface area contributed by atoms with Gasteiger partial charge in [-0.25, -0.2) is 0 Å². The first-order valence-electron chi connectivity index (χ1n) is 10.5. The molecule has 1 saturated heterocycles. The minimum atomic E-state index is 0.319. The van der Waals surface area contributed by atoms with E-state index in [1.165, 1.54) is 28.9 Å². The molecule has 1 aliphatic heterocycles. The lowest BCUT2D eigenvalue weighted by atomic mass is 9.88. The molecule has 4 heterocycles. The second-order valence-corrected chi connectivity index (χ2v) is 8.00. The standard InChI is InChI=1S/C23H30N6/c1-17-7-4-11-25-22(17)20-9-3-10-21(23-18(2)8-5-12-26-23)29(20)14-6-13-28-16-19(24)15-27-28/h4-5,7-8,11-12,15-16,20-21H,3,6,9-10,13-14,24H2,1-2H3/t20-,21+. The van der Waals surface area contributed by atoms with E-state index in [4.69, 9.17) is 15.7 Å². The predicted molar refractivity (Wildman–Crippen MR) is 115 cm³/mol. The van der Waals surface area contributed by atoms with Gasteiger partial charge in [-0.1, -0.05) is 12.1 Å². The van der Waals surface area contributed by atoms with Crippen molar-refractivity contribution < 1.29 is 0 Å². The van der Waals surface area contributed by atoms with E-state index in [2.05, 4.69) is 36.0 Å². The van der Waals surface area contributed by atoms with Crippen molar-refractivity contribution in [1.29, 1.82) is 0 Å². The monoisotopic (exact) mass is 390 g/mol. The summed E-state index contributed by atoms with van der Waals surface area (Å²) >= 11 is 0. The fourth-order valence-corrected chi connectivity index (χ4v) is 4.56. The molecule has 2 atom stereocenters.